The Balaban J connectivity index is 0.000000451. The van der Waals surface area contributed by atoms with Crippen molar-refractivity contribution in [1.82, 2.24) is 0 Å². The predicted molar refractivity (Wildman–Crippen MR) is 109 cm³/mol. The quantitative estimate of drug-likeness (QED) is 0.664. The summed E-state index contributed by atoms with van der Waals surface area (Å²) in [6.45, 7) is 0.275. The van der Waals surface area contributed by atoms with Crippen LogP contribution in [0.2, 0.25) is 0 Å². The molecule has 0 aromatic heterocycles. The van der Waals surface area contributed by atoms with Crippen molar-refractivity contribution in [1.29, 1.82) is 0 Å². The fraction of sp³-hybridized carbons (Fsp3) is 0.318. The maximum atomic E-state index is 12.2. The van der Waals surface area contributed by atoms with Gasteiger partial charge < -0.3 is 19.3 Å². The lowest BCUT2D eigenvalue weighted by Gasteiger charge is -2.09. The molecule has 1 aliphatic rings. The van der Waals surface area contributed by atoms with Gasteiger partial charge in [-0.15, -0.1) is 0 Å². The molecule has 1 N–H and O–H groups in total. The van der Waals surface area contributed by atoms with Crippen LogP contribution in [0.5, 0.6) is 11.5 Å². The average Bonchev–Trinajstić information content (AvgIpc) is 3.28. The van der Waals surface area contributed by atoms with Crippen molar-refractivity contribution in [3.05, 3.63) is 59.7 Å². The number of rotatable bonds is 6. The molecule has 0 aliphatic carbocycles. The van der Waals surface area contributed by atoms with Crippen molar-refractivity contribution in [3.63, 3.8) is 0 Å². The van der Waals surface area contributed by atoms with Crippen LogP contribution in [0.15, 0.2) is 53.5 Å². The van der Waals surface area contributed by atoms with E-state index in [9.17, 15) is 18.0 Å². The second-order valence-electron chi connectivity index (χ2n) is 6.60. The van der Waals surface area contributed by atoms with E-state index in [4.69, 9.17) is 24.1 Å². The van der Waals surface area contributed by atoms with Crippen LogP contribution in [0.25, 0.3) is 0 Å². The van der Waals surface area contributed by atoms with Crippen LogP contribution in [-0.2, 0) is 20.9 Å². The molecule has 0 amide bonds. The number of carboxylic acids is 1. The van der Waals surface area contributed by atoms with E-state index in [1.54, 1.807) is 14.2 Å². The number of hydrogen-bond acceptors (Lipinski definition) is 6. The highest BCUT2D eigenvalue weighted by Crippen LogP contribution is 2.30. The molecule has 1 aliphatic heterocycles. The molecule has 0 spiro atoms. The normalized spacial score (nSPS) is 15.2. The fourth-order valence-electron chi connectivity index (χ4n) is 2.82. The van der Waals surface area contributed by atoms with E-state index < -0.39 is 18.2 Å². The Morgan fingerprint density at radius 1 is 1.06 bits per heavy atom. The molecule has 0 radical (unpaired) electrons. The fourth-order valence-corrected chi connectivity index (χ4v) is 2.82. The van der Waals surface area contributed by atoms with Gasteiger partial charge in [0.1, 0.15) is 12.6 Å². The maximum Gasteiger partial charge on any atom is 0.490 e. The SMILES string of the molecule is COc1ccc(C2=N[C@H](C(=O)OCc3ccccc3)CC2)cc1OC.O=C(O)C(F)(F)F. The summed E-state index contributed by atoms with van der Waals surface area (Å²) in [7, 11) is 3.20. The van der Waals surface area contributed by atoms with Gasteiger partial charge in [-0.1, -0.05) is 30.3 Å². The smallest absolute Gasteiger partial charge is 0.490 e. The molecular weight excluding hydrogens is 431 g/mol. The first-order valence-corrected chi connectivity index (χ1v) is 9.45. The molecule has 3 rings (SSSR count). The molecule has 2 aromatic rings. The van der Waals surface area contributed by atoms with Crippen molar-refractivity contribution in [2.75, 3.05) is 14.2 Å². The largest absolute Gasteiger partial charge is 0.493 e. The van der Waals surface area contributed by atoms with Gasteiger partial charge in [0.05, 0.1) is 14.2 Å². The Morgan fingerprint density at radius 3 is 2.25 bits per heavy atom. The Bertz CT molecular complexity index is 960. The zero-order valence-corrected chi connectivity index (χ0v) is 17.4. The van der Waals surface area contributed by atoms with E-state index in [1.165, 1.54) is 0 Å². The molecule has 0 saturated carbocycles. The minimum absolute atomic E-state index is 0.275. The van der Waals surface area contributed by atoms with Crippen molar-refractivity contribution in [2.24, 2.45) is 4.99 Å². The number of alkyl halides is 3. The second kappa shape index (κ2) is 11.2. The number of nitrogens with zero attached hydrogens (tertiary/aromatic N) is 1. The molecular formula is C22H22F3NO6. The van der Waals surface area contributed by atoms with Crippen LogP contribution in [0, 0.1) is 0 Å². The van der Waals surface area contributed by atoms with E-state index in [0.29, 0.717) is 17.9 Å². The summed E-state index contributed by atoms with van der Waals surface area (Å²) in [5.74, 6) is -1.71. The minimum atomic E-state index is -5.08. The van der Waals surface area contributed by atoms with Crippen molar-refractivity contribution < 1.29 is 42.1 Å². The van der Waals surface area contributed by atoms with Crippen molar-refractivity contribution in [2.45, 2.75) is 31.7 Å². The lowest BCUT2D eigenvalue weighted by molar-refractivity contribution is -0.192. The standard InChI is InChI=1S/C20H21NO4.C2HF3O2/c1-23-18-11-8-15(12-19(18)24-2)16-9-10-17(21-16)20(22)25-13-14-6-4-3-5-7-14;3-2(4,5)1(6)7/h3-8,11-12,17H,9-10,13H2,1-2H3;(H,6,7)/t17-;/m0./s1. The Hall–Kier alpha value is -3.56. The summed E-state index contributed by atoms with van der Waals surface area (Å²) in [6, 6.07) is 14.9. The first-order valence-electron chi connectivity index (χ1n) is 9.45. The number of aliphatic imine (C=N–C) groups is 1. The van der Waals surface area contributed by atoms with Gasteiger partial charge in [0.15, 0.2) is 11.5 Å². The Morgan fingerprint density at radius 2 is 1.69 bits per heavy atom. The summed E-state index contributed by atoms with van der Waals surface area (Å²) in [6.07, 6.45) is -3.68. The summed E-state index contributed by atoms with van der Waals surface area (Å²) in [5.41, 5.74) is 2.80. The molecule has 1 heterocycles. The number of methoxy groups -OCH3 is 2. The van der Waals surface area contributed by atoms with Crippen LogP contribution >= 0.6 is 0 Å². The minimum Gasteiger partial charge on any atom is -0.493 e. The summed E-state index contributed by atoms with van der Waals surface area (Å²) in [4.78, 5) is 25.7. The van der Waals surface area contributed by atoms with Crippen LogP contribution in [-0.4, -0.2) is 49.2 Å². The highest BCUT2D eigenvalue weighted by Gasteiger charge is 2.38. The number of carboxylic acid groups (broad SMARTS) is 1. The summed E-state index contributed by atoms with van der Waals surface area (Å²) < 4.78 is 47.7. The zero-order chi connectivity index (χ0) is 23.7. The van der Waals surface area contributed by atoms with Gasteiger partial charge in [0, 0.05) is 5.71 Å². The molecule has 172 valence electrons. The van der Waals surface area contributed by atoms with Gasteiger partial charge >= 0.3 is 18.1 Å². The number of carbonyl (C=O) groups is 2. The number of carbonyl (C=O) groups excluding carboxylic acids is 1. The molecule has 0 saturated heterocycles. The molecule has 10 heteroatoms. The van der Waals surface area contributed by atoms with Gasteiger partial charge in [-0.05, 0) is 42.2 Å². The van der Waals surface area contributed by atoms with Gasteiger partial charge in [0.2, 0.25) is 0 Å². The average molecular weight is 453 g/mol. The van der Waals surface area contributed by atoms with E-state index in [-0.39, 0.29) is 12.6 Å². The number of benzene rings is 2. The third kappa shape index (κ3) is 7.00. The second-order valence-corrected chi connectivity index (χ2v) is 6.60. The zero-order valence-electron chi connectivity index (χ0n) is 17.4. The number of halogens is 3. The van der Waals surface area contributed by atoms with E-state index in [2.05, 4.69) is 4.99 Å². The molecule has 0 unspecified atom stereocenters. The van der Waals surface area contributed by atoms with Gasteiger partial charge in [-0.3, -0.25) is 4.99 Å². The molecule has 1 atom stereocenters. The van der Waals surface area contributed by atoms with Crippen molar-refractivity contribution >= 4 is 17.7 Å². The van der Waals surface area contributed by atoms with E-state index in [0.717, 1.165) is 23.3 Å². The maximum absolute atomic E-state index is 12.2. The first kappa shape index (κ1) is 24.7. The lowest BCUT2D eigenvalue weighted by Crippen LogP contribution is -2.21. The lowest BCUT2D eigenvalue weighted by atomic mass is 10.1. The van der Waals surface area contributed by atoms with E-state index in [1.807, 2.05) is 48.5 Å². The van der Waals surface area contributed by atoms with Crippen molar-refractivity contribution in [3.8, 4) is 11.5 Å². The predicted octanol–water partition coefficient (Wildman–Crippen LogP) is 4.03. The summed E-state index contributed by atoms with van der Waals surface area (Å²) in [5, 5.41) is 7.12. The molecule has 2 aromatic carbocycles. The molecule has 32 heavy (non-hydrogen) atoms. The topological polar surface area (TPSA) is 94.4 Å². The number of aliphatic carboxylic acids is 1. The number of ether oxygens (including phenoxy) is 3. The van der Waals surface area contributed by atoms with Crippen LogP contribution < -0.4 is 9.47 Å². The van der Waals surface area contributed by atoms with Gasteiger partial charge in [-0.25, -0.2) is 9.59 Å². The van der Waals surface area contributed by atoms with E-state index >= 15 is 0 Å². The third-order valence-electron chi connectivity index (χ3n) is 4.42. The Kier molecular flexibility index (Phi) is 8.62. The van der Waals surface area contributed by atoms with Gasteiger partial charge in [-0.2, -0.15) is 13.2 Å². The number of hydrogen-bond donors (Lipinski definition) is 1. The molecule has 0 fully saturated rings. The van der Waals surface area contributed by atoms with Crippen LogP contribution in [0.3, 0.4) is 0 Å². The number of esters is 1. The van der Waals surface area contributed by atoms with Crippen LogP contribution in [0.4, 0.5) is 13.2 Å². The monoisotopic (exact) mass is 453 g/mol. The highest BCUT2D eigenvalue weighted by molar-refractivity contribution is 6.04. The Labute approximate surface area is 182 Å². The van der Waals surface area contributed by atoms with Crippen LogP contribution in [0.1, 0.15) is 24.0 Å². The highest BCUT2D eigenvalue weighted by atomic mass is 19.4. The molecule has 0 bridgehead atoms. The summed E-state index contributed by atoms with van der Waals surface area (Å²) >= 11 is 0. The first-order chi connectivity index (χ1) is 15.2. The molecule has 7 nitrogen and oxygen atoms in total. The third-order valence-corrected chi connectivity index (χ3v) is 4.42. The van der Waals surface area contributed by atoms with Gasteiger partial charge in [0.25, 0.3) is 0 Å².